The molecule has 2 aromatic rings. The molecule has 7 nitrogen and oxygen atoms in total. The molecule has 1 amide bonds. The summed E-state index contributed by atoms with van der Waals surface area (Å²) in [6, 6.07) is 7.16. The lowest BCUT2D eigenvalue weighted by atomic mass is 10.0. The Morgan fingerprint density at radius 1 is 1.31 bits per heavy atom. The van der Waals surface area contributed by atoms with Gasteiger partial charge in [-0.2, -0.15) is 0 Å². The summed E-state index contributed by atoms with van der Waals surface area (Å²) in [5, 5.41) is 5.48. The van der Waals surface area contributed by atoms with Crippen molar-refractivity contribution in [1.29, 1.82) is 0 Å². The molecule has 0 unspecified atom stereocenters. The molecule has 1 aliphatic rings. The Bertz CT molecular complexity index is 925. The number of piperidine rings is 1. The third kappa shape index (κ3) is 7.18. The standard InChI is InChI=1S/C20H28N4O3S2/c1-15-4-3-11-24(12-15)13-18-14-28-20(22-18)23-19(25)17-7-5-16(6-8-17)9-10-21-29(2,26)27/h5-8,14-15,21H,3-4,9-13H2,1-2H3,(H,22,23,25)/t15-/m0/s1. The molecule has 1 aromatic heterocycles. The number of likely N-dealkylation sites (tertiary alicyclic amines) is 1. The Morgan fingerprint density at radius 3 is 2.76 bits per heavy atom. The molecule has 2 heterocycles. The van der Waals surface area contributed by atoms with E-state index >= 15 is 0 Å². The molecule has 158 valence electrons. The van der Waals surface area contributed by atoms with E-state index < -0.39 is 10.0 Å². The lowest BCUT2D eigenvalue weighted by Gasteiger charge is -2.30. The Labute approximate surface area is 176 Å². The quantitative estimate of drug-likeness (QED) is 0.664. The van der Waals surface area contributed by atoms with Crippen LogP contribution in [0.5, 0.6) is 0 Å². The van der Waals surface area contributed by atoms with Crippen LogP contribution in [0.15, 0.2) is 29.6 Å². The van der Waals surface area contributed by atoms with Crippen molar-refractivity contribution in [2.24, 2.45) is 5.92 Å². The zero-order valence-electron chi connectivity index (χ0n) is 16.8. The van der Waals surface area contributed by atoms with Crippen LogP contribution in [0.4, 0.5) is 5.13 Å². The van der Waals surface area contributed by atoms with Crippen molar-refractivity contribution in [3.8, 4) is 0 Å². The molecule has 0 bridgehead atoms. The van der Waals surface area contributed by atoms with Gasteiger partial charge in [0.05, 0.1) is 11.9 Å². The van der Waals surface area contributed by atoms with Crippen LogP contribution in [0.2, 0.25) is 0 Å². The van der Waals surface area contributed by atoms with E-state index in [4.69, 9.17) is 0 Å². The summed E-state index contributed by atoms with van der Waals surface area (Å²) >= 11 is 1.44. The van der Waals surface area contributed by atoms with Crippen molar-refractivity contribution in [2.45, 2.75) is 32.7 Å². The summed E-state index contributed by atoms with van der Waals surface area (Å²) in [6.07, 6.45) is 4.23. The first-order chi connectivity index (χ1) is 13.8. The summed E-state index contributed by atoms with van der Waals surface area (Å²) in [7, 11) is -3.18. The smallest absolute Gasteiger partial charge is 0.257 e. The summed E-state index contributed by atoms with van der Waals surface area (Å²) in [5.74, 6) is 0.532. The van der Waals surface area contributed by atoms with Gasteiger partial charge in [0.1, 0.15) is 0 Å². The fraction of sp³-hybridized carbons (Fsp3) is 0.500. The van der Waals surface area contributed by atoms with Gasteiger partial charge in [0.25, 0.3) is 5.91 Å². The van der Waals surface area contributed by atoms with Gasteiger partial charge in [-0.3, -0.25) is 15.0 Å². The predicted molar refractivity (Wildman–Crippen MR) is 117 cm³/mol. The molecule has 0 radical (unpaired) electrons. The van der Waals surface area contributed by atoms with Crippen LogP contribution in [0.3, 0.4) is 0 Å². The van der Waals surface area contributed by atoms with Crippen molar-refractivity contribution < 1.29 is 13.2 Å². The molecule has 0 aliphatic carbocycles. The van der Waals surface area contributed by atoms with Gasteiger partial charge < -0.3 is 0 Å². The number of nitrogens with one attached hydrogen (secondary N) is 2. The molecule has 1 aromatic carbocycles. The molecular formula is C20H28N4O3S2. The van der Waals surface area contributed by atoms with Gasteiger partial charge >= 0.3 is 0 Å². The molecular weight excluding hydrogens is 408 g/mol. The summed E-state index contributed by atoms with van der Waals surface area (Å²) in [5.41, 5.74) is 2.50. The number of aromatic nitrogens is 1. The van der Waals surface area contributed by atoms with E-state index in [-0.39, 0.29) is 5.91 Å². The van der Waals surface area contributed by atoms with E-state index in [1.807, 2.05) is 17.5 Å². The van der Waals surface area contributed by atoms with Gasteiger partial charge in [-0.05, 0) is 49.4 Å². The molecule has 1 fully saturated rings. The second-order valence-corrected chi connectivity index (χ2v) is 10.4. The lowest BCUT2D eigenvalue weighted by Crippen LogP contribution is -2.33. The summed E-state index contributed by atoms with van der Waals surface area (Å²) in [6.45, 7) is 5.65. The van der Waals surface area contributed by atoms with Crippen molar-refractivity contribution in [1.82, 2.24) is 14.6 Å². The zero-order chi connectivity index (χ0) is 20.9. The van der Waals surface area contributed by atoms with Crippen molar-refractivity contribution in [3.05, 3.63) is 46.5 Å². The summed E-state index contributed by atoms with van der Waals surface area (Å²) < 4.78 is 24.6. The number of sulfonamides is 1. The number of carbonyl (C=O) groups excluding carboxylic acids is 1. The second kappa shape index (κ2) is 9.80. The average molecular weight is 437 g/mol. The number of anilines is 1. The van der Waals surface area contributed by atoms with Crippen LogP contribution in [-0.4, -0.2) is 50.1 Å². The van der Waals surface area contributed by atoms with E-state index in [1.54, 1.807) is 12.1 Å². The van der Waals surface area contributed by atoms with E-state index in [0.717, 1.165) is 43.1 Å². The van der Waals surface area contributed by atoms with Crippen LogP contribution < -0.4 is 10.0 Å². The molecule has 0 spiro atoms. The number of carbonyl (C=O) groups is 1. The second-order valence-electron chi connectivity index (χ2n) is 7.69. The molecule has 29 heavy (non-hydrogen) atoms. The maximum atomic E-state index is 12.5. The molecule has 1 aliphatic heterocycles. The largest absolute Gasteiger partial charge is 0.298 e. The lowest BCUT2D eigenvalue weighted by molar-refractivity contribution is 0.102. The topological polar surface area (TPSA) is 91.4 Å². The minimum Gasteiger partial charge on any atom is -0.298 e. The van der Waals surface area contributed by atoms with Crippen LogP contribution >= 0.6 is 11.3 Å². The monoisotopic (exact) mass is 436 g/mol. The predicted octanol–water partition coefficient (Wildman–Crippen LogP) is 2.72. The van der Waals surface area contributed by atoms with Crippen molar-refractivity contribution >= 4 is 32.4 Å². The van der Waals surface area contributed by atoms with Crippen LogP contribution in [0, 0.1) is 5.92 Å². The maximum absolute atomic E-state index is 12.5. The Hall–Kier alpha value is -1.81. The third-order valence-electron chi connectivity index (χ3n) is 4.89. The van der Waals surface area contributed by atoms with E-state index in [2.05, 4.69) is 26.8 Å². The van der Waals surface area contributed by atoms with E-state index in [0.29, 0.717) is 23.7 Å². The third-order valence-corrected chi connectivity index (χ3v) is 6.43. The van der Waals surface area contributed by atoms with Crippen LogP contribution in [0.1, 0.15) is 41.4 Å². The Balaban J connectivity index is 1.50. The minimum atomic E-state index is -3.18. The number of thiazole rings is 1. The average Bonchev–Trinajstić information content (AvgIpc) is 3.08. The molecule has 9 heteroatoms. The van der Waals surface area contributed by atoms with Gasteiger partial charge in [-0.25, -0.2) is 18.1 Å². The molecule has 2 N–H and O–H groups in total. The number of hydrogen-bond acceptors (Lipinski definition) is 6. The fourth-order valence-electron chi connectivity index (χ4n) is 3.47. The molecule has 1 saturated heterocycles. The van der Waals surface area contributed by atoms with Crippen LogP contribution in [-0.2, 0) is 23.0 Å². The van der Waals surface area contributed by atoms with E-state index in [1.165, 1.54) is 24.2 Å². The SMILES string of the molecule is C[C@H]1CCCN(Cc2csc(NC(=O)c3ccc(CCNS(C)(=O)=O)cc3)n2)C1. The highest BCUT2D eigenvalue weighted by Crippen LogP contribution is 2.21. The normalized spacial score (nSPS) is 17.9. The highest BCUT2D eigenvalue weighted by molar-refractivity contribution is 7.88. The van der Waals surface area contributed by atoms with Gasteiger partial charge in [-0.1, -0.05) is 19.1 Å². The van der Waals surface area contributed by atoms with Gasteiger partial charge in [-0.15, -0.1) is 11.3 Å². The number of amides is 1. The highest BCUT2D eigenvalue weighted by atomic mass is 32.2. The maximum Gasteiger partial charge on any atom is 0.257 e. The fourth-order valence-corrected chi connectivity index (χ4v) is 4.64. The van der Waals surface area contributed by atoms with Crippen LogP contribution in [0.25, 0.3) is 0 Å². The Morgan fingerprint density at radius 2 is 2.07 bits per heavy atom. The first-order valence-electron chi connectivity index (χ1n) is 9.80. The van der Waals surface area contributed by atoms with Gasteiger partial charge in [0, 0.05) is 30.6 Å². The molecule has 1 atom stereocenters. The molecule has 0 saturated carbocycles. The summed E-state index contributed by atoms with van der Waals surface area (Å²) in [4.78, 5) is 19.4. The highest BCUT2D eigenvalue weighted by Gasteiger charge is 2.17. The zero-order valence-corrected chi connectivity index (χ0v) is 18.5. The number of rotatable bonds is 8. The first-order valence-corrected chi connectivity index (χ1v) is 12.6. The number of benzene rings is 1. The number of hydrogen-bond donors (Lipinski definition) is 2. The van der Waals surface area contributed by atoms with Crippen molar-refractivity contribution in [2.75, 3.05) is 31.2 Å². The first kappa shape index (κ1) is 21.9. The number of nitrogens with zero attached hydrogens (tertiary/aromatic N) is 2. The van der Waals surface area contributed by atoms with Gasteiger partial charge in [0.15, 0.2) is 5.13 Å². The minimum absolute atomic E-state index is 0.196. The molecule has 3 rings (SSSR count). The van der Waals surface area contributed by atoms with Gasteiger partial charge in [0.2, 0.25) is 10.0 Å². The van der Waals surface area contributed by atoms with Crippen molar-refractivity contribution in [3.63, 3.8) is 0 Å². The van der Waals surface area contributed by atoms with E-state index in [9.17, 15) is 13.2 Å². The Kier molecular flexibility index (Phi) is 7.39.